The van der Waals surface area contributed by atoms with E-state index in [0.29, 0.717) is 0 Å². The molecule has 0 aliphatic carbocycles. The average molecular weight is 212 g/mol. The molecular formula is C9H16N4S. The number of piperazine rings is 1. The fourth-order valence-corrected chi connectivity index (χ4v) is 2.17. The summed E-state index contributed by atoms with van der Waals surface area (Å²) in [5, 5.41) is 0. The molecule has 1 aliphatic rings. The Morgan fingerprint density at radius 2 is 2.00 bits per heavy atom. The van der Waals surface area contributed by atoms with E-state index in [9.17, 15) is 0 Å². The van der Waals surface area contributed by atoms with Gasteiger partial charge in [0.2, 0.25) is 0 Å². The van der Waals surface area contributed by atoms with Crippen LogP contribution in [0.1, 0.15) is 12.7 Å². The van der Waals surface area contributed by atoms with E-state index in [-0.39, 0.29) is 0 Å². The van der Waals surface area contributed by atoms with Crippen molar-refractivity contribution in [3.8, 4) is 0 Å². The Hall–Kier alpha value is -0.520. The van der Waals surface area contributed by atoms with Crippen LogP contribution in [0.15, 0.2) is 5.51 Å². The van der Waals surface area contributed by atoms with E-state index in [1.165, 1.54) is 31.2 Å². The van der Waals surface area contributed by atoms with Crippen molar-refractivity contribution in [1.29, 1.82) is 0 Å². The van der Waals surface area contributed by atoms with E-state index in [2.05, 4.69) is 26.1 Å². The van der Waals surface area contributed by atoms with Gasteiger partial charge in [0.05, 0.1) is 6.54 Å². The van der Waals surface area contributed by atoms with Gasteiger partial charge < -0.3 is 4.90 Å². The fraction of sp³-hybridized carbons (Fsp3) is 0.778. The largest absolute Gasteiger partial charge is 0.301 e. The van der Waals surface area contributed by atoms with Crippen molar-refractivity contribution in [2.45, 2.75) is 13.5 Å². The first-order valence-corrected chi connectivity index (χ1v) is 5.92. The highest BCUT2D eigenvalue weighted by atomic mass is 32.1. The second-order valence-corrected chi connectivity index (χ2v) is 4.16. The number of likely N-dealkylation sites (N-methyl/N-ethyl adjacent to an activating group) is 1. The summed E-state index contributed by atoms with van der Waals surface area (Å²) in [6.07, 6.45) is 0. The molecule has 4 nitrogen and oxygen atoms in total. The van der Waals surface area contributed by atoms with Gasteiger partial charge in [0.25, 0.3) is 0 Å². The molecule has 1 aromatic rings. The molecule has 14 heavy (non-hydrogen) atoms. The lowest BCUT2D eigenvalue weighted by atomic mass is 10.3. The maximum absolute atomic E-state index is 4.22. The van der Waals surface area contributed by atoms with Crippen molar-refractivity contribution in [3.63, 3.8) is 0 Å². The van der Waals surface area contributed by atoms with Crippen molar-refractivity contribution in [2.75, 3.05) is 32.7 Å². The number of nitrogens with zero attached hydrogens (tertiary/aromatic N) is 4. The highest BCUT2D eigenvalue weighted by molar-refractivity contribution is 7.03. The smallest absolute Gasteiger partial charge is 0.156 e. The maximum Gasteiger partial charge on any atom is 0.156 e. The molecule has 0 saturated carbocycles. The first-order chi connectivity index (χ1) is 6.88. The predicted octanol–water partition coefficient (Wildman–Crippen LogP) is 0.676. The molecule has 1 aromatic heterocycles. The summed E-state index contributed by atoms with van der Waals surface area (Å²) in [6.45, 7) is 8.96. The SMILES string of the molecule is CCN1CCN(Cc2ncsn2)CC1. The van der Waals surface area contributed by atoms with Gasteiger partial charge in [-0.25, -0.2) is 4.98 Å². The van der Waals surface area contributed by atoms with E-state index < -0.39 is 0 Å². The summed E-state index contributed by atoms with van der Waals surface area (Å²) in [4.78, 5) is 9.10. The van der Waals surface area contributed by atoms with Gasteiger partial charge in [0, 0.05) is 26.2 Å². The minimum Gasteiger partial charge on any atom is -0.301 e. The lowest BCUT2D eigenvalue weighted by Gasteiger charge is -2.33. The normalized spacial score (nSPS) is 20.1. The second-order valence-electron chi connectivity index (χ2n) is 3.56. The van der Waals surface area contributed by atoms with Crippen molar-refractivity contribution in [3.05, 3.63) is 11.3 Å². The van der Waals surface area contributed by atoms with Gasteiger partial charge in [-0.3, -0.25) is 4.90 Å². The first kappa shape index (κ1) is 10.0. The van der Waals surface area contributed by atoms with Gasteiger partial charge in [0.1, 0.15) is 5.51 Å². The topological polar surface area (TPSA) is 32.3 Å². The summed E-state index contributed by atoms with van der Waals surface area (Å²) in [5.74, 6) is 0.972. The summed E-state index contributed by atoms with van der Waals surface area (Å²) >= 11 is 1.44. The lowest BCUT2D eigenvalue weighted by molar-refractivity contribution is 0.130. The molecule has 5 heteroatoms. The van der Waals surface area contributed by atoms with Crippen molar-refractivity contribution < 1.29 is 0 Å². The lowest BCUT2D eigenvalue weighted by Crippen LogP contribution is -2.45. The van der Waals surface area contributed by atoms with E-state index in [1.54, 1.807) is 5.51 Å². The molecule has 1 saturated heterocycles. The minimum atomic E-state index is 0.918. The van der Waals surface area contributed by atoms with Crippen LogP contribution >= 0.6 is 11.5 Å². The van der Waals surface area contributed by atoms with Crippen LogP contribution in [0.2, 0.25) is 0 Å². The third-order valence-electron chi connectivity index (χ3n) is 2.68. The Morgan fingerprint density at radius 1 is 1.29 bits per heavy atom. The maximum atomic E-state index is 4.22. The zero-order valence-electron chi connectivity index (χ0n) is 8.52. The molecule has 0 amide bonds. The van der Waals surface area contributed by atoms with E-state index in [4.69, 9.17) is 0 Å². The van der Waals surface area contributed by atoms with E-state index in [0.717, 1.165) is 25.5 Å². The van der Waals surface area contributed by atoms with E-state index >= 15 is 0 Å². The molecule has 0 spiro atoms. The van der Waals surface area contributed by atoms with Gasteiger partial charge in [-0.15, -0.1) is 0 Å². The Morgan fingerprint density at radius 3 is 2.57 bits per heavy atom. The Kier molecular flexibility index (Phi) is 3.44. The Labute approximate surface area is 88.7 Å². The molecule has 78 valence electrons. The summed E-state index contributed by atoms with van der Waals surface area (Å²) in [7, 11) is 0. The number of hydrogen-bond acceptors (Lipinski definition) is 5. The van der Waals surface area contributed by atoms with Crippen LogP contribution in [-0.2, 0) is 6.54 Å². The molecule has 0 unspecified atom stereocenters. The monoisotopic (exact) mass is 212 g/mol. The molecule has 0 bridgehead atoms. The zero-order chi connectivity index (χ0) is 9.80. The van der Waals surface area contributed by atoms with Gasteiger partial charge in [-0.05, 0) is 18.1 Å². The van der Waals surface area contributed by atoms with Gasteiger partial charge in [0.15, 0.2) is 5.82 Å². The molecule has 1 aliphatic heterocycles. The number of hydrogen-bond donors (Lipinski definition) is 0. The summed E-state index contributed by atoms with van der Waals surface area (Å²) in [6, 6.07) is 0. The summed E-state index contributed by atoms with van der Waals surface area (Å²) in [5.41, 5.74) is 1.80. The third-order valence-corrected chi connectivity index (χ3v) is 3.20. The van der Waals surface area contributed by atoms with Crippen LogP contribution < -0.4 is 0 Å². The quantitative estimate of drug-likeness (QED) is 0.737. The Bertz CT molecular complexity index is 254. The van der Waals surface area contributed by atoms with Gasteiger partial charge >= 0.3 is 0 Å². The highest BCUT2D eigenvalue weighted by Gasteiger charge is 2.16. The molecular weight excluding hydrogens is 196 g/mol. The Balaban J connectivity index is 1.79. The fourth-order valence-electron chi connectivity index (χ4n) is 1.73. The predicted molar refractivity (Wildman–Crippen MR) is 57.3 cm³/mol. The standard InChI is InChI=1S/C9H16N4S/c1-2-12-3-5-13(6-4-12)7-9-10-8-14-11-9/h8H,2-7H2,1H3. The zero-order valence-corrected chi connectivity index (χ0v) is 9.33. The highest BCUT2D eigenvalue weighted by Crippen LogP contribution is 2.05. The van der Waals surface area contributed by atoms with Crippen LogP contribution in [0, 0.1) is 0 Å². The van der Waals surface area contributed by atoms with Crippen LogP contribution in [0.5, 0.6) is 0 Å². The van der Waals surface area contributed by atoms with Crippen LogP contribution in [0.4, 0.5) is 0 Å². The first-order valence-electron chi connectivity index (χ1n) is 5.08. The molecule has 2 heterocycles. The van der Waals surface area contributed by atoms with E-state index in [1.807, 2.05) is 0 Å². The van der Waals surface area contributed by atoms with Crippen molar-refractivity contribution in [2.24, 2.45) is 0 Å². The molecule has 2 rings (SSSR count). The van der Waals surface area contributed by atoms with Crippen molar-refractivity contribution in [1.82, 2.24) is 19.2 Å². The van der Waals surface area contributed by atoms with Gasteiger partial charge in [-0.1, -0.05) is 6.92 Å². The summed E-state index contributed by atoms with van der Waals surface area (Å²) < 4.78 is 4.22. The van der Waals surface area contributed by atoms with Crippen LogP contribution in [-0.4, -0.2) is 51.9 Å². The molecule has 1 fully saturated rings. The van der Waals surface area contributed by atoms with Crippen LogP contribution in [0.25, 0.3) is 0 Å². The second kappa shape index (κ2) is 4.82. The molecule has 0 N–H and O–H groups in total. The van der Waals surface area contributed by atoms with Gasteiger partial charge in [-0.2, -0.15) is 4.37 Å². The average Bonchev–Trinajstić information content (AvgIpc) is 2.72. The van der Waals surface area contributed by atoms with Crippen LogP contribution in [0.3, 0.4) is 0 Å². The number of rotatable bonds is 3. The number of aromatic nitrogens is 2. The van der Waals surface area contributed by atoms with Crippen molar-refractivity contribution >= 4 is 11.5 Å². The minimum absolute atomic E-state index is 0.918. The molecule has 0 radical (unpaired) electrons. The molecule has 0 aromatic carbocycles. The third kappa shape index (κ3) is 2.50. The molecule has 0 atom stereocenters.